The molecule has 7 heteroatoms. The predicted molar refractivity (Wildman–Crippen MR) is 108 cm³/mol. The largest absolute Gasteiger partial charge is 0.454 e. The Balaban J connectivity index is 1.41. The molecule has 0 spiro atoms. The summed E-state index contributed by atoms with van der Waals surface area (Å²) < 4.78 is 16.5. The number of ether oxygens (including phenoxy) is 3. The van der Waals surface area contributed by atoms with E-state index in [0.717, 1.165) is 43.1 Å². The van der Waals surface area contributed by atoms with Crippen LogP contribution in [0.1, 0.15) is 28.8 Å². The minimum Gasteiger partial charge on any atom is -0.454 e. The monoisotopic (exact) mass is 402 g/mol. The molecule has 3 heterocycles. The molecule has 150 valence electrons. The van der Waals surface area contributed by atoms with E-state index >= 15 is 0 Å². The van der Waals surface area contributed by atoms with E-state index in [0.29, 0.717) is 19.6 Å². The molecule has 1 saturated heterocycles. The number of nitrogens with zero attached hydrogens (tertiary/aromatic N) is 1. The quantitative estimate of drug-likeness (QED) is 0.735. The first-order valence-corrected chi connectivity index (χ1v) is 10.6. The summed E-state index contributed by atoms with van der Waals surface area (Å²) in [5, 5.41) is 5.34. The summed E-state index contributed by atoms with van der Waals surface area (Å²) in [4.78, 5) is 16.1. The number of hydrogen-bond donors (Lipinski definition) is 1. The molecule has 1 aromatic heterocycles. The molecule has 1 aromatic carbocycles. The number of fused-ring (bicyclic) bond motifs is 1. The second-order valence-electron chi connectivity index (χ2n) is 7.23. The van der Waals surface area contributed by atoms with Crippen LogP contribution in [0.25, 0.3) is 0 Å². The van der Waals surface area contributed by atoms with Gasteiger partial charge in [0.2, 0.25) is 12.7 Å². The summed E-state index contributed by atoms with van der Waals surface area (Å²) in [7, 11) is 0. The average Bonchev–Trinajstić information content (AvgIpc) is 3.43. The molecule has 4 rings (SSSR count). The number of carbonyl (C=O) groups is 1. The number of carbonyl (C=O) groups excluding carboxylic acids is 1. The van der Waals surface area contributed by atoms with Crippen molar-refractivity contribution in [3.8, 4) is 11.5 Å². The van der Waals surface area contributed by atoms with Crippen molar-refractivity contribution in [1.29, 1.82) is 0 Å². The second kappa shape index (κ2) is 8.94. The SMILES string of the molecule is Cc1ccsc1CN(Cc1ccc2c(c1)OCO2)C(=O)CNC[C@@H]1CCCO1. The van der Waals surface area contributed by atoms with E-state index in [2.05, 4.69) is 23.7 Å². The van der Waals surface area contributed by atoms with Gasteiger partial charge in [0.05, 0.1) is 19.2 Å². The molecule has 0 saturated carbocycles. The first-order valence-electron chi connectivity index (χ1n) is 9.70. The van der Waals surface area contributed by atoms with Gasteiger partial charge in [-0.25, -0.2) is 0 Å². The highest BCUT2D eigenvalue weighted by atomic mass is 32.1. The summed E-state index contributed by atoms with van der Waals surface area (Å²) >= 11 is 1.69. The molecular weight excluding hydrogens is 376 g/mol. The third-order valence-corrected chi connectivity index (χ3v) is 6.15. The van der Waals surface area contributed by atoms with Crippen molar-refractivity contribution in [2.45, 2.75) is 39.0 Å². The van der Waals surface area contributed by atoms with Crippen LogP contribution in [0.2, 0.25) is 0 Å². The van der Waals surface area contributed by atoms with Crippen molar-refractivity contribution in [3.05, 3.63) is 45.6 Å². The summed E-state index contributed by atoms with van der Waals surface area (Å²) in [6, 6.07) is 7.96. The molecule has 1 atom stereocenters. The van der Waals surface area contributed by atoms with Crippen LogP contribution in [0.4, 0.5) is 0 Å². The van der Waals surface area contributed by atoms with E-state index < -0.39 is 0 Å². The topological polar surface area (TPSA) is 60.0 Å². The zero-order chi connectivity index (χ0) is 19.3. The third-order valence-electron chi connectivity index (χ3n) is 5.14. The maximum absolute atomic E-state index is 13.0. The molecule has 0 unspecified atom stereocenters. The molecule has 1 amide bonds. The van der Waals surface area contributed by atoms with Gasteiger partial charge >= 0.3 is 0 Å². The first kappa shape index (κ1) is 19.2. The maximum atomic E-state index is 13.0. The summed E-state index contributed by atoms with van der Waals surface area (Å²) in [5.74, 6) is 1.59. The number of hydrogen-bond acceptors (Lipinski definition) is 6. The lowest BCUT2D eigenvalue weighted by Crippen LogP contribution is -2.39. The van der Waals surface area contributed by atoms with Crippen LogP contribution < -0.4 is 14.8 Å². The second-order valence-corrected chi connectivity index (χ2v) is 8.23. The Morgan fingerprint density at radius 1 is 1.25 bits per heavy atom. The highest BCUT2D eigenvalue weighted by Crippen LogP contribution is 2.33. The summed E-state index contributed by atoms with van der Waals surface area (Å²) in [6.07, 6.45) is 2.40. The van der Waals surface area contributed by atoms with Gasteiger partial charge in [-0.15, -0.1) is 11.3 Å². The molecular formula is C21H26N2O4S. The van der Waals surface area contributed by atoms with Crippen LogP contribution in [0, 0.1) is 6.92 Å². The fraction of sp³-hybridized carbons (Fsp3) is 0.476. The van der Waals surface area contributed by atoms with E-state index in [1.807, 2.05) is 23.1 Å². The van der Waals surface area contributed by atoms with E-state index in [1.165, 1.54) is 10.4 Å². The van der Waals surface area contributed by atoms with E-state index in [9.17, 15) is 4.79 Å². The van der Waals surface area contributed by atoms with Gasteiger partial charge < -0.3 is 24.4 Å². The number of nitrogens with one attached hydrogen (secondary N) is 1. The van der Waals surface area contributed by atoms with Crippen molar-refractivity contribution in [2.75, 3.05) is 26.5 Å². The van der Waals surface area contributed by atoms with Crippen LogP contribution in [-0.4, -0.2) is 43.4 Å². The Bertz CT molecular complexity index is 816. The minimum atomic E-state index is 0.0865. The van der Waals surface area contributed by atoms with Gasteiger partial charge in [0.15, 0.2) is 11.5 Å². The van der Waals surface area contributed by atoms with E-state index in [-0.39, 0.29) is 18.8 Å². The lowest BCUT2D eigenvalue weighted by molar-refractivity contribution is -0.131. The van der Waals surface area contributed by atoms with Gasteiger partial charge in [0, 0.05) is 24.6 Å². The molecule has 0 bridgehead atoms. The van der Waals surface area contributed by atoms with Crippen LogP contribution in [0.3, 0.4) is 0 Å². The van der Waals surface area contributed by atoms with Crippen molar-refractivity contribution in [3.63, 3.8) is 0 Å². The van der Waals surface area contributed by atoms with Crippen LogP contribution in [0.5, 0.6) is 11.5 Å². The van der Waals surface area contributed by atoms with Crippen LogP contribution in [0.15, 0.2) is 29.6 Å². The lowest BCUT2D eigenvalue weighted by Gasteiger charge is -2.23. The molecule has 2 aliphatic heterocycles. The number of amides is 1. The predicted octanol–water partition coefficient (Wildman–Crippen LogP) is 3.08. The third kappa shape index (κ3) is 4.66. The Morgan fingerprint density at radius 2 is 2.14 bits per heavy atom. The van der Waals surface area contributed by atoms with E-state index in [1.54, 1.807) is 11.3 Å². The standard InChI is InChI=1S/C21H26N2O4S/c1-15-6-8-28-20(15)13-23(21(24)11-22-10-17-3-2-7-25-17)12-16-4-5-18-19(9-16)27-14-26-18/h4-6,8-9,17,22H,2-3,7,10-14H2,1H3/t17-/m0/s1. The molecule has 6 nitrogen and oxygen atoms in total. The normalized spacial score (nSPS) is 17.8. The highest BCUT2D eigenvalue weighted by molar-refractivity contribution is 7.10. The molecule has 1 N–H and O–H groups in total. The average molecular weight is 403 g/mol. The van der Waals surface area contributed by atoms with Gasteiger partial charge in [-0.2, -0.15) is 0 Å². The Kier molecular flexibility index (Phi) is 6.14. The Hall–Kier alpha value is -2.09. The van der Waals surface area contributed by atoms with Crippen LogP contribution >= 0.6 is 11.3 Å². The molecule has 0 aliphatic carbocycles. The molecule has 28 heavy (non-hydrogen) atoms. The maximum Gasteiger partial charge on any atom is 0.237 e. The van der Waals surface area contributed by atoms with Crippen LogP contribution in [-0.2, 0) is 22.6 Å². The van der Waals surface area contributed by atoms with Crippen molar-refractivity contribution in [1.82, 2.24) is 10.2 Å². The van der Waals surface area contributed by atoms with Gasteiger partial charge in [0.25, 0.3) is 0 Å². The van der Waals surface area contributed by atoms with Crippen molar-refractivity contribution in [2.24, 2.45) is 0 Å². The van der Waals surface area contributed by atoms with Gasteiger partial charge in [-0.3, -0.25) is 4.79 Å². The molecule has 0 radical (unpaired) electrons. The van der Waals surface area contributed by atoms with Gasteiger partial charge in [0.1, 0.15) is 0 Å². The zero-order valence-electron chi connectivity index (χ0n) is 16.1. The zero-order valence-corrected chi connectivity index (χ0v) is 16.9. The summed E-state index contributed by atoms with van der Waals surface area (Å²) in [5.41, 5.74) is 2.26. The first-order chi connectivity index (χ1) is 13.7. The fourth-order valence-corrected chi connectivity index (χ4v) is 4.41. The minimum absolute atomic E-state index is 0.0865. The number of aryl methyl sites for hydroxylation is 1. The van der Waals surface area contributed by atoms with Gasteiger partial charge in [-0.1, -0.05) is 6.07 Å². The fourth-order valence-electron chi connectivity index (χ4n) is 3.49. The smallest absolute Gasteiger partial charge is 0.237 e. The Labute approximate surface area is 169 Å². The molecule has 2 aliphatic rings. The summed E-state index contributed by atoms with van der Waals surface area (Å²) in [6.45, 7) is 5.35. The molecule has 2 aromatic rings. The number of thiophene rings is 1. The van der Waals surface area contributed by atoms with E-state index in [4.69, 9.17) is 14.2 Å². The number of rotatable bonds is 8. The van der Waals surface area contributed by atoms with Crippen molar-refractivity contribution < 1.29 is 19.0 Å². The number of benzene rings is 1. The molecule has 1 fully saturated rings. The van der Waals surface area contributed by atoms with Crippen molar-refractivity contribution >= 4 is 17.2 Å². The highest BCUT2D eigenvalue weighted by Gasteiger charge is 2.20. The Morgan fingerprint density at radius 3 is 2.93 bits per heavy atom. The lowest BCUT2D eigenvalue weighted by atomic mass is 10.1. The van der Waals surface area contributed by atoms with Gasteiger partial charge in [-0.05, 0) is 54.5 Å².